The summed E-state index contributed by atoms with van der Waals surface area (Å²) >= 11 is 12.4. The molecule has 9 nitrogen and oxygen atoms in total. The smallest absolute Gasteiger partial charge is 0.224 e. The van der Waals surface area contributed by atoms with Gasteiger partial charge in [-0.1, -0.05) is 23.2 Å². The summed E-state index contributed by atoms with van der Waals surface area (Å²) in [7, 11) is 1.67. The Bertz CT molecular complexity index is 708. The summed E-state index contributed by atoms with van der Waals surface area (Å²) < 4.78 is 5.31. The van der Waals surface area contributed by atoms with Gasteiger partial charge in [0.25, 0.3) is 0 Å². The number of rotatable bonds is 3. The predicted octanol–water partition coefficient (Wildman–Crippen LogP) is -0.125. The first-order valence-corrected chi connectivity index (χ1v) is 7.15. The minimum atomic E-state index is -1.68. The van der Waals surface area contributed by atoms with Gasteiger partial charge in [-0.15, -0.1) is 0 Å². The van der Waals surface area contributed by atoms with Crippen LogP contribution in [0.15, 0.2) is 6.33 Å². The lowest BCUT2D eigenvalue weighted by Gasteiger charge is -2.23. The molecule has 120 valence electrons. The van der Waals surface area contributed by atoms with Gasteiger partial charge in [-0.25, -0.2) is 4.98 Å². The van der Waals surface area contributed by atoms with E-state index in [2.05, 4.69) is 20.3 Å². The van der Waals surface area contributed by atoms with Crippen molar-refractivity contribution in [3.8, 4) is 0 Å². The Hall–Kier alpha value is -1.39. The van der Waals surface area contributed by atoms with Crippen LogP contribution in [0, 0.1) is 0 Å². The van der Waals surface area contributed by atoms with Gasteiger partial charge in [0.1, 0.15) is 12.2 Å². The number of nitrogen functional groups attached to an aromatic ring is 1. The van der Waals surface area contributed by atoms with Crippen LogP contribution in [-0.2, 0) is 4.74 Å². The number of hydrogen-bond acceptors (Lipinski definition) is 8. The number of fused-ring (bicyclic) bond motifs is 1. The lowest BCUT2D eigenvalue weighted by atomic mass is 10.2. The van der Waals surface area contributed by atoms with Crippen LogP contribution in [0.1, 0.15) is 6.23 Å². The summed E-state index contributed by atoms with van der Waals surface area (Å²) in [5, 5.41) is 22.2. The van der Waals surface area contributed by atoms with Gasteiger partial charge in [-0.3, -0.25) is 4.57 Å². The normalized spacial score (nSPS) is 27.4. The van der Waals surface area contributed by atoms with Gasteiger partial charge >= 0.3 is 0 Å². The Balaban J connectivity index is 2.13. The van der Waals surface area contributed by atoms with Crippen molar-refractivity contribution in [2.24, 2.45) is 0 Å². The lowest BCUT2D eigenvalue weighted by Crippen LogP contribution is -2.37. The molecular formula is C11H14Cl2N6O3. The predicted molar refractivity (Wildman–Crippen MR) is 80.7 cm³/mol. The Morgan fingerprint density at radius 1 is 1.50 bits per heavy atom. The molecule has 0 aliphatic carbocycles. The number of alkyl halides is 2. The highest BCUT2D eigenvalue weighted by Gasteiger charge is 2.55. The number of aromatic nitrogens is 4. The Morgan fingerprint density at radius 3 is 2.82 bits per heavy atom. The number of nitrogens with zero attached hydrogens (tertiary/aromatic N) is 4. The van der Waals surface area contributed by atoms with Crippen LogP contribution >= 0.6 is 23.2 Å². The molecule has 1 fully saturated rings. The van der Waals surface area contributed by atoms with Gasteiger partial charge in [-0.2, -0.15) is 9.97 Å². The molecule has 0 unspecified atom stereocenters. The molecule has 1 aliphatic rings. The fourth-order valence-electron chi connectivity index (χ4n) is 2.40. The summed E-state index contributed by atoms with van der Waals surface area (Å²) in [5.74, 6) is 0.471. The SMILES string of the molecule is CNc1nc(N)nc2c1ncn2[C@@H]1O[C@H](CO)[C@@H](O)C1(Cl)Cl. The van der Waals surface area contributed by atoms with E-state index >= 15 is 0 Å². The molecule has 0 spiro atoms. The zero-order valence-electron chi connectivity index (χ0n) is 11.4. The molecule has 0 amide bonds. The second kappa shape index (κ2) is 5.36. The molecule has 5 N–H and O–H groups in total. The van der Waals surface area contributed by atoms with Gasteiger partial charge in [-0.05, 0) is 0 Å². The van der Waals surface area contributed by atoms with Crippen molar-refractivity contribution in [3.05, 3.63) is 6.33 Å². The minimum Gasteiger partial charge on any atom is -0.394 e. The minimum absolute atomic E-state index is 0.0330. The van der Waals surface area contributed by atoms with Crippen molar-refractivity contribution in [3.63, 3.8) is 0 Å². The average molecular weight is 349 g/mol. The largest absolute Gasteiger partial charge is 0.394 e. The Kier molecular flexibility index (Phi) is 3.77. The Morgan fingerprint density at radius 2 is 2.23 bits per heavy atom. The first-order valence-electron chi connectivity index (χ1n) is 6.40. The van der Waals surface area contributed by atoms with E-state index in [9.17, 15) is 10.2 Å². The molecule has 11 heteroatoms. The highest BCUT2D eigenvalue weighted by Crippen LogP contribution is 2.47. The van der Waals surface area contributed by atoms with Crippen LogP contribution < -0.4 is 11.1 Å². The van der Waals surface area contributed by atoms with Crippen LogP contribution in [0.25, 0.3) is 11.2 Å². The molecular weight excluding hydrogens is 335 g/mol. The summed E-state index contributed by atoms with van der Waals surface area (Å²) in [6.07, 6.45) is -1.77. The molecule has 3 atom stereocenters. The van der Waals surface area contributed by atoms with Crippen molar-refractivity contribution in [1.29, 1.82) is 0 Å². The quantitative estimate of drug-likeness (QED) is 0.564. The maximum absolute atomic E-state index is 10.1. The van der Waals surface area contributed by atoms with Gasteiger partial charge in [0, 0.05) is 7.05 Å². The van der Waals surface area contributed by atoms with E-state index in [1.165, 1.54) is 10.9 Å². The van der Waals surface area contributed by atoms with Gasteiger partial charge in [0.05, 0.1) is 12.9 Å². The van der Waals surface area contributed by atoms with Crippen LogP contribution in [0.2, 0.25) is 0 Å². The lowest BCUT2D eigenvalue weighted by molar-refractivity contribution is -0.0434. The van der Waals surface area contributed by atoms with E-state index in [-0.39, 0.29) is 5.95 Å². The van der Waals surface area contributed by atoms with Crippen molar-refractivity contribution in [1.82, 2.24) is 19.5 Å². The van der Waals surface area contributed by atoms with Crippen LogP contribution in [0.4, 0.5) is 11.8 Å². The highest BCUT2D eigenvalue weighted by atomic mass is 35.5. The number of nitrogens with one attached hydrogen (secondary N) is 1. The van der Waals surface area contributed by atoms with E-state index in [4.69, 9.17) is 33.7 Å². The molecule has 1 aliphatic heterocycles. The molecule has 3 rings (SSSR count). The number of anilines is 2. The van der Waals surface area contributed by atoms with Gasteiger partial charge < -0.3 is 26.0 Å². The molecule has 1 saturated heterocycles. The van der Waals surface area contributed by atoms with Crippen molar-refractivity contribution >= 4 is 46.1 Å². The summed E-state index contributed by atoms with van der Waals surface area (Å²) in [5.41, 5.74) is 6.47. The van der Waals surface area contributed by atoms with Gasteiger partial charge in [0.15, 0.2) is 27.5 Å². The molecule has 2 aromatic rings. The summed E-state index contributed by atoms with van der Waals surface area (Å²) in [6, 6.07) is 0. The third-order valence-electron chi connectivity index (χ3n) is 3.49. The molecule has 0 bridgehead atoms. The topological polar surface area (TPSA) is 131 Å². The second-order valence-electron chi connectivity index (χ2n) is 4.83. The fourth-order valence-corrected chi connectivity index (χ4v) is 2.99. The summed E-state index contributed by atoms with van der Waals surface area (Å²) in [6.45, 7) is -0.426. The van der Waals surface area contributed by atoms with E-state index in [0.717, 1.165) is 0 Å². The van der Waals surface area contributed by atoms with Crippen molar-refractivity contribution < 1.29 is 14.9 Å². The third-order valence-corrected chi connectivity index (χ3v) is 4.31. The number of hydrogen-bond donors (Lipinski definition) is 4. The van der Waals surface area contributed by atoms with Crippen LogP contribution in [0.3, 0.4) is 0 Å². The standard InChI is InChI=1S/C11H14Cl2N6O3/c1-15-7-5-8(18-10(14)17-7)19(3-16-5)9-11(12,13)6(21)4(2-20)22-9/h3-4,6,9,20-21H,2H2,1H3,(H3,14,15,17,18)/t4-,6-,9-/m1/s1. The molecule has 0 saturated carbocycles. The molecule has 22 heavy (non-hydrogen) atoms. The fraction of sp³-hybridized carbons (Fsp3) is 0.545. The van der Waals surface area contributed by atoms with Crippen LogP contribution in [-0.4, -0.2) is 59.9 Å². The third kappa shape index (κ3) is 2.17. The van der Waals surface area contributed by atoms with E-state index in [0.29, 0.717) is 17.0 Å². The molecule has 3 heterocycles. The number of aliphatic hydroxyl groups is 2. The van der Waals surface area contributed by atoms with Crippen LogP contribution in [0.5, 0.6) is 0 Å². The zero-order chi connectivity index (χ0) is 16.1. The molecule has 2 aromatic heterocycles. The molecule has 0 aromatic carbocycles. The maximum Gasteiger partial charge on any atom is 0.224 e. The zero-order valence-corrected chi connectivity index (χ0v) is 13.0. The molecule has 0 radical (unpaired) electrons. The van der Waals surface area contributed by atoms with Crippen molar-refractivity contribution in [2.45, 2.75) is 22.8 Å². The first-order chi connectivity index (χ1) is 10.4. The second-order valence-corrected chi connectivity index (χ2v) is 6.28. The Labute approximate surface area is 135 Å². The summed E-state index contributed by atoms with van der Waals surface area (Å²) in [4.78, 5) is 12.3. The monoisotopic (exact) mass is 348 g/mol. The number of aliphatic hydroxyl groups excluding tert-OH is 2. The van der Waals surface area contributed by atoms with Crippen molar-refractivity contribution in [2.75, 3.05) is 24.7 Å². The van der Waals surface area contributed by atoms with E-state index in [1.807, 2.05) is 0 Å². The first kappa shape index (κ1) is 15.5. The maximum atomic E-state index is 10.1. The number of nitrogens with two attached hydrogens (primary N) is 1. The number of ether oxygens (including phenoxy) is 1. The number of halogens is 2. The highest BCUT2D eigenvalue weighted by molar-refractivity contribution is 6.49. The van der Waals surface area contributed by atoms with E-state index in [1.54, 1.807) is 7.05 Å². The van der Waals surface area contributed by atoms with E-state index < -0.39 is 29.4 Å². The average Bonchev–Trinajstić information content (AvgIpc) is 2.98. The van der Waals surface area contributed by atoms with Gasteiger partial charge in [0.2, 0.25) is 5.95 Å². The number of imidazole rings is 1.